The van der Waals surface area contributed by atoms with Gasteiger partial charge in [0.15, 0.2) is 0 Å². The Morgan fingerprint density at radius 1 is 1.13 bits per heavy atom. The molecule has 0 radical (unpaired) electrons. The van der Waals surface area contributed by atoms with E-state index in [-0.39, 0.29) is 15.9 Å². The zero-order chi connectivity index (χ0) is 11.4. The van der Waals surface area contributed by atoms with Crippen LogP contribution < -0.4 is 0 Å². The molecule has 0 unspecified atom stereocenters. The van der Waals surface area contributed by atoms with Gasteiger partial charge in [0, 0.05) is 25.2 Å². The first kappa shape index (κ1) is 12.1. The fourth-order valence-corrected chi connectivity index (χ4v) is 1.33. The van der Waals surface area contributed by atoms with E-state index in [9.17, 15) is 4.39 Å². The average Bonchev–Trinajstić information content (AvgIpc) is 2.26. The molecule has 1 aromatic rings. The molecule has 15 heavy (non-hydrogen) atoms. The van der Waals surface area contributed by atoms with Gasteiger partial charge >= 0.3 is 0 Å². The van der Waals surface area contributed by atoms with Crippen LogP contribution in [0.5, 0.6) is 0 Å². The van der Waals surface area contributed by atoms with Crippen LogP contribution in [0, 0.1) is 5.82 Å². The number of hydrogen-bond acceptors (Lipinski definition) is 2. The molecular weight excluding hydrogens is 238 g/mol. The van der Waals surface area contributed by atoms with Gasteiger partial charge in [0.25, 0.3) is 0 Å². The normalized spacial score (nSPS) is 13.1. The van der Waals surface area contributed by atoms with Crippen molar-refractivity contribution in [3.05, 3.63) is 35.1 Å². The predicted octanol–water partition coefficient (Wildman–Crippen LogP) is 3.06. The number of aliphatic imine (C=N–C) groups is 2. The maximum absolute atomic E-state index is 13.5. The van der Waals surface area contributed by atoms with Gasteiger partial charge in [0.1, 0.15) is 16.2 Å². The Hall–Kier alpha value is -0.930. The second-order valence-corrected chi connectivity index (χ2v) is 3.44. The monoisotopic (exact) mass is 246 g/mol. The quantitative estimate of drug-likeness (QED) is 0.717. The molecule has 0 fully saturated rings. The summed E-state index contributed by atoms with van der Waals surface area (Å²) in [7, 11) is 3.03. The highest BCUT2D eigenvalue weighted by Crippen LogP contribution is 2.15. The Balaban J connectivity index is 3.20. The third kappa shape index (κ3) is 2.76. The SMILES string of the molecule is C/N=C(\Cl)c1ccc(/C(Cl)=N/C)c(F)c1. The zero-order valence-corrected chi connectivity index (χ0v) is 9.77. The van der Waals surface area contributed by atoms with Crippen LogP contribution in [0.25, 0.3) is 0 Å². The van der Waals surface area contributed by atoms with Gasteiger partial charge in [0.2, 0.25) is 0 Å². The van der Waals surface area contributed by atoms with E-state index >= 15 is 0 Å². The molecule has 0 bridgehead atoms. The summed E-state index contributed by atoms with van der Waals surface area (Å²) in [5.74, 6) is -0.468. The highest BCUT2D eigenvalue weighted by molar-refractivity contribution is 6.70. The van der Waals surface area contributed by atoms with Gasteiger partial charge in [-0.15, -0.1) is 0 Å². The molecule has 0 amide bonds. The van der Waals surface area contributed by atoms with Crippen LogP contribution in [0.4, 0.5) is 4.39 Å². The molecule has 0 saturated carbocycles. The molecule has 0 N–H and O–H groups in total. The minimum atomic E-state index is -0.468. The lowest BCUT2D eigenvalue weighted by Crippen LogP contribution is -1.99. The number of hydrogen-bond donors (Lipinski definition) is 0. The van der Waals surface area contributed by atoms with Crippen LogP contribution in [-0.2, 0) is 0 Å². The molecular formula is C10H9Cl2FN2. The number of benzene rings is 1. The lowest BCUT2D eigenvalue weighted by Gasteiger charge is -2.02. The fraction of sp³-hybridized carbons (Fsp3) is 0.200. The molecule has 80 valence electrons. The van der Waals surface area contributed by atoms with Crippen molar-refractivity contribution in [3.8, 4) is 0 Å². The van der Waals surface area contributed by atoms with Crippen molar-refractivity contribution < 1.29 is 4.39 Å². The Morgan fingerprint density at radius 3 is 2.20 bits per heavy atom. The fourth-order valence-electron chi connectivity index (χ4n) is 1.06. The summed E-state index contributed by atoms with van der Waals surface area (Å²) < 4.78 is 13.5. The second kappa shape index (κ2) is 5.24. The lowest BCUT2D eigenvalue weighted by atomic mass is 10.1. The Labute approximate surface area is 97.5 Å². The van der Waals surface area contributed by atoms with Gasteiger partial charge < -0.3 is 0 Å². The van der Waals surface area contributed by atoms with Crippen molar-refractivity contribution in [1.29, 1.82) is 0 Å². The van der Waals surface area contributed by atoms with E-state index in [1.807, 2.05) is 0 Å². The molecule has 0 saturated heterocycles. The highest BCUT2D eigenvalue weighted by Gasteiger charge is 2.09. The van der Waals surface area contributed by atoms with Crippen molar-refractivity contribution in [2.45, 2.75) is 0 Å². The largest absolute Gasteiger partial charge is 0.276 e. The summed E-state index contributed by atoms with van der Waals surface area (Å²) in [6.07, 6.45) is 0. The van der Waals surface area contributed by atoms with Crippen LogP contribution in [-0.4, -0.2) is 24.4 Å². The summed E-state index contributed by atoms with van der Waals surface area (Å²) in [4.78, 5) is 7.44. The maximum Gasteiger partial charge on any atom is 0.134 e. The first-order valence-electron chi connectivity index (χ1n) is 4.15. The number of halogens is 3. The highest BCUT2D eigenvalue weighted by atomic mass is 35.5. The summed E-state index contributed by atoms with van der Waals surface area (Å²) in [6.45, 7) is 0. The Morgan fingerprint density at radius 2 is 1.73 bits per heavy atom. The van der Waals surface area contributed by atoms with Crippen molar-refractivity contribution in [2.75, 3.05) is 14.1 Å². The predicted molar refractivity (Wildman–Crippen MR) is 63.0 cm³/mol. The third-order valence-electron chi connectivity index (χ3n) is 1.82. The van der Waals surface area contributed by atoms with Crippen molar-refractivity contribution in [1.82, 2.24) is 0 Å². The first-order valence-corrected chi connectivity index (χ1v) is 4.90. The van der Waals surface area contributed by atoms with Crippen molar-refractivity contribution in [3.63, 3.8) is 0 Å². The van der Waals surface area contributed by atoms with E-state index in [0.717, 1.165) is 0 Å². The van der Waals surface area contributed by atoms with E-state index in [1.165, 1.54) is 26.2 Å². The molecule has 5 heteroatoms. The second-order valence-electron chi connectivity index (χ2n) is 2.72. The molecule has 0 heterocycles. The molecule has 0 aliphatic heterocycles. The molecule has 0 atom stereocenters. The molecule has 0 aliphatic carbocycles. The number of nitrogens with zero attached hydrogens (tertiary/aromatic N) is 2. The van der Waals surface area contributed by atoms with Crippen LogP contribution in [0.15, 0.2) is 28.2 Å². The lowest BCUT2D eigenvalue weighted by molar-refractivity contribution is 0.625. The van der Waals surface area contributed by atoms with Crippen molar-refractivity contribution >= 4 is 33.5 Å². The maximum atomic E-state index is 13.5. The van der Waals surface area contributed by atoms with Crippen molar-refractivity contribution in [2.24, 2.45) is 9.98 Å². The third-order valence-corrected chi connectivity index (χ3v) is 2.58. The minimum Gasteiger partial charge on any atom is -0.276 e. The van der Waals surface area contributed by atoms with E-state index < -0.39 is 5.82 Å². The van der Waals surface area contributed by atoms with E-state index in [0.29, 0.717) is 5.56 Å². The molecule has 0 spiro atoms. The molecule has 1 rings (SSSR count). The smallest absolute Gasteiger partial charge is 0.134 e. The summed E-state index contributed by atoms with van der Waals surface area (Å²) >= 11 is 11.5. The van der Waals surface area contributed by atoms with Gasteiger partial charge in [-0.3, -0.25) is 9.98 Å². The van der Waals surface area contributed by atoms with Crippen LogP contribution in [0.2, 0.25) is 0 Å². The molecule has 1 aromatic carbocycles. The topological polar surface area (TPSA) is 24.7 Å². The minimum absolute atomic E-state index is 0.128. The van der Waals surface area contributed by atoms with Gasteiger partial charge in [-0.25, -0.2) is 4.39 Å². The Bertz CT molecular complexity index is 427. The molecule has 0 aliphatic rings. The Kier molecular flexibility index (Phi) is 4.24. The van der Waals surface area contributed by atoms with Gasteiger partial charge in [0.05, 0.1) is 0 Å². The van der Waals surface area contributed by atoms with E-state index in [2.05, 4.69) is 9.98 Å². The van der Waals surface area contributed by atoms with Crippen LogP contribution >= 0.6 is 23.2 Å². The van der Waals surface area contributed by atoms with E-state index in [4.69, 9.17) is 23.2 Å². The zero-order valence-electron chi connectivity index (χ0n) is 8.26. The summed E-state index contributed by atoms with van der Waals surface area (Å²) in [5.41, 5.74) is 0.768. The molecule has 0 aromatic heterocycles. The van der Waals surface area contributed by atoms with Gasteiger partial charge in [-0.2, -0.15) is 0 Å². The standard InChI is InChI=1S/C10H9Cl2FN2/c1-14-9(11)6-3-4-7(8(13)5-6)10(12)15-2/h3-5H,1-2H3/b14-9-,15-10-. The van der Waals surface area contributed by atoms with Crippen LogP contribution in [0.1, 0.15) is 11.1 Å². The van der Waals surface area contributed by atoms with Gasteiger partial charge in [-0.1, -0.05) is 29.3 Å². The average molecular weight is 247 g/mol. The molecule has 2 nitrogen and oxygen atoms in total. The van der Waals surface area contributed by atoms with E-state index in [1.54, 1.807) is 6.07 Å². The summed E-state index contributed by atoms with van der Waals surface area (Å²) in [5, 5.41) is 0.383. The van der Waals surface area contributed by atoms with Crippen LogP contribution in [0.3, 0.4) is 0 Å². The first-order chi connectivity index (χ1) is 7.10. The van der Waals surface area contributed by atoms with Gasteiger partial charge in [-0.05, 0) is 12.1 Å². The number of rotatable bonds is 2. The summed E-state index contributed by atoms with van der Waals surface area (Å²) in [6, 6.07) is 4.44.